The van der Waals surface area contributed by atoms with Crippen LogP contribution in [0.2, 0.25) is 0 Å². The second-order valence-electron chi connectivity index (χ2n) is 5.84. The first kappa shape index (κ1) is 22.3. The number of guanidine groups is 1. The van der Waals surface area contributed by atoms with Crippen LogP contribution in [0.1, 0.15) is 43.0 Å². The Labute approximate surface area is 170 Å². The molecule has 0 aliphatic carbocycles. The number of halogens is 1. The first-order chi connectivity index (χ1) is 12.0. The van der Waals surface area contributed by atoms with Crippen LogP contribution in [0.3, 0.4) is 0 Å². The van der Waals surface area contributed by atoms with Crippen LogP contribution in [-0.2, 0) is 16.1 Å². The van der Waals surface area contributed by atoms with E-state index in [4.69, 9.17) is 14.9 Å². The van der Waals surface area contributed by atoms with Gasteiger partial charge in [0.15, 0.2) is 11.7 Å². The molecule has 0 spiro atoms. The largest absolute Gasteiger partial charge is 0.466 e. The van der Waals surface area contributed by atoms with Crippen molar-refractivity contribution in [3.8, 4) is 0 Å². The summed E-state index contributed by atoms with van der Waals surface area (Å²) in [7, 11) is 0. The fourth-order valence-corrected chi connectivity index (χ4v) is 2.80. The minimum Gasteiger partial charge on any atom is -0.466 e. The second kappa shape index (κ2) is 11.0. The number of esters is 1. The summed E-state index contributed by atoms with van der Waals surface area (Å²) in [5.41, 5.74) is 5.18. The number of hydrogen-bond acceptors (Lipinski definition) is 5. The number of nitrogens with zero attached hydrogens (tertiary/aromatic N) is 2. The average molecular weight is 478 g/mol. The van der Waals surface area contributed by atoms with Gasteiger partial charge in [-0.1, -0.05) is 0 Å². The van der Waals surface area contributed by atoms with Crippen molar-refractivity contribution in [1.29, 1.82) is 0 Å². The van der Waals surface area contributed by atoms with Crippen molar-refractivity contribution in [1.82, 2.24) is 10.2 Å². The van der Waals surface area contributed by atoms with Crippen LogP contribution < -0.4 is 11.1 Å². The summed E-state index contributed by atoms with van der Waals surface area (Å²) in [6, 6.07) is 3.22. The molecular weight excluding hydrogens is 451 g/mol. The lowest BCUT2D eigenvalue weighted by atomic mass is 9.98. The van der Waals surface area contributed by atoms with Crippen LogP contribution in [0.25, 0.3) is 0 Å². The van der Waals surface area contributed by atoms with E-state index in [2.05, 4.69) is 15.2 Å². The third-order valence-corrected chi connectivity index (χ3v) is 3.96. The van der Waals surface area contributed by atoms with Gasteiger partial charge >= 0.3 is 5.97 Å². The number of nitrogens with one attached hydrogen (secondary N) is 1. The highest BCUT2D eigenvalue weighted by molar-refractivity contribution is 14.0. The zero-order valence-electron chi connectivity index (χ0n) is 15.2. The lowest BCUT2D eigenvalue weighted by molar-refractivity contribution is -0.149. The zero-order chi connectivity index (χ0) is 18.2. The SMILES string of the molecule is CCNC(=NCc1ccc(C(N)=O)o1)N1CCCC(C(=O)OCC)C1.I. The molecule has 1 unspecified atom stereocenters. The Morgan fingerprint density at radius 3 is 2.81 bits per heavy atom. The first-order valence-electron chi connectivity index (χ1n) is 8.63. The Hall–Kier alpha value is -1.78. The summed E-state index contributed by atoms with van der Waals surface area (Å²) in [5.74, 6) is 0.505. The number of hydrogen-bond donors (Lipinski definition) is 2. The van der Waals surface area contributed by atoms with Gasteiger partial charge < -0.3 is 25.1 Å². The van der Waals surface area contributed by atoms with Gasteiger partial charge in [-0.2, -0.15) is 0 Å². The summed E-state index contributed by atoms with van der Waals surface area (Å²) in [4.78, 5) is 29.7. The maximum absolute atomic E-state index is 12.0. The molecule has 146 valence electrons. The fraction of sp³-hybridized carbons (Fsp3) is 0.588. The Morgan fingerprint density at radius 2 is 2.19 bits per heavy atom. The van der Waals surface area contributed by atoms with Gasteiger partial charge in [0, 0.05) is 19.6 Å². The predicted octanol–water partition coefficient (Wildman–Crippen LogP) is 1.74. The fourth-order valence-electron chi connectivity index (χ4n) is 2.80. The van der Waals surface area contributed by atoms with Crippen LogP contribution in [0.5, 0.6) is 0 Å². The lowest BCUT2D eigenvalue weighted by Gasteiger charge is -2.33. The van der Waals surface area contributed by atoms with E-state index in [1.165, 1.54) is 6.07 Å². The van der Waals surface area contributed by atoms with Gasteiger partial charge in [0.05, 0.1) is 12.5 Å². The van der Waals surface area contributed by atoms with Gasteiger partial charge in [0.25, 0.3) is 5.91 Å². The Morgan fingerprint density at radius 1 is 1.42 bits per heavy atom. The van der Waals surface area contributed by atoms with Crippen molar-refractivity contribution >= 4 is 41.8 Å². The van der Waals surface area contributed by atoms with Gasteiger partial charge in [-0.3, -0.25) is 9.59 Å². The Kier molecular flexibility index (Phi) is 9.46. The number of amides is 1. The van der Waals surface area contributed by atoms with Crippen LogP contribution in [0, 0.1) is 5.92 Å². The number of carbonyl (C=O) groups excluding carboxylic acids is 2. The molecule has 1 aromatic heterocycles. The highest BCUT2D eigenvalue weighted by Crippen LogP contribution is 2.18. The summed E-state index contributed by atoms with van der Waals surface area (Å²) in [6.45, 7) is 6.60. The molecular formula is C17H27IN4O4. The summed E-state index contributed by atoms with van der Waals surface area (Å²) in [6.07, 6.45) is 1.73. The molecule has 0 aromatic carbocycles. The molecule has 8 nitrogen and oxygen atoms in total. The molecule has 0 saturated carbocycles. The van der Waals surface area contributed by atoms with Gasteiger partial charge in [0.2, 0.25) is 0 Å². The van der Waals surface area contributed by atoms with Crippen molar-refractivity contribution in [2.45, 2.75) is 33.2 Å². The van der Waals surface area contributed by atoms with Crippen LogP contribution in [0.15, 0.2) is 21.5 Å². The number of likely N-dealkylation sites (tertiary alicyclic amines) is 1. The quantitative estimate of drug-likeness (QED) is 0.279. The molecule has 2 heterocycles. The Balaban J connectivity index is 0.00000338. The maximum atomic E-state index is 12.0. The smallest absolute Gasteiger partial charge is 0.310 e. The molecule has 1 atom stereocenters. The number of rotatable bonds is 6. The Bertz CT molecular complexity index is 632. The highest BCUT2D eigenvalue weighted by atomic mass is 127. The molecule has 0 radical (unpaired) electrons. The van der Waals surface area contributed by atoms with Crippen LogP contribution >= 0.6 is 24.0 Å². The third kappa shape index (κ3) is 6.19. The molecule has 1 aliphatic rings. The van der Waals surface area contributed by atoms with Gasteiger partial charge in [-0.15, -0.1) is 24.0 Å². The van der Waals surface area contributed by atoms with Gasteiger partial charge in [-0.05, 0) is 38.8 Å². The van der Waals surface area contributed by atoms with E-state index >= 15 is 0 Å². The highest BCUT2D eigenvalue weighted by Gasteiger charge is 2.28. The number of furan rings is 1. The number of aliphatic imine (C=N–C) groups is 1. The topological polar surface area (TPSA) is 110 Å². The molecule has 1 amide bonds. The van der Waals surface area contributed by atoms with Crippen LogP contribution in [0.4, 0.5) is 0 Å². The molecule has 9 heteroatoms. The van der Waals surface area contributed by atoms with E-state index in [9.17, 15) is 9.59 Å². The molecule has 1 aromatic rings. The molecule has 1 saturated heterocycles. The maximum Gasteiger partial charge on any atom is 0.310 e. The lowest BCUT2D eigenvalue weighted by Crippen LogP contribution is -2.48. The zero-order valence-corrected chi connectivity index (χ0v) is 17.5. The van der Waals surface area contributed by atoms with Crippen molar-refractivity contribution in [3.63, 3.8) is 0 Å². The number of piperidine rings is 1. The second-order valence-corrected chi connectivity index (χ2v) is 5.84. The van der Waals surface area contributed by atoms with E-state index in [1.807, 2.05) is 13.8 Å². The van der Waals surface area contributed by atoms with E-state index < -0.39 is 5.91 Å². The van der Waals surface area contributed by atoms with E-state index in [0.717, 1.165) is 19.4 Å². The van der Waals surface area contributed by atoms with Gasteiger partial charge in [-0.25, -0.2) is 4.99 Å². The van der Waals surface area contributed by atoms with E-state index in [0.29, 0.717) is 31.4 Å². The van der Waals surface area contributed by atoms with E-state index in [-0.39, 0.29) is 48.2 Å². The first-order valence-corrected chi connectivity index (χ1v) is 8.63. The molecule has 2 rings (SSSR count). The van der Waals surface area contributed by atoms with Crippen molar-refractivity contribution < 1.29 is 18.7 Å². The van der Waals surface area contributed by atoms with E-state index in [1.54, 1.807) is 6.07 Å². The minimum atomic E-state index is -0.601. The number of nitrogens with two attached hydrogens (primary N) is 1. The van der Waals surface area contributed by atoms with Crippen molar-refractivity contribution in [2.75, 3.05) is 26.2 Å². The number of ether oxygens (including phenoxy) is 1. The average Bonchev–Trinajstić information content (AvgIpc) is 3.08. The third-order valence-electron chi connectivity index (χ3n) is 3.96. The summed E-state index contributed by atoms with van der Waals surface area (Å²) in [5, 5.41) is 3.23. The van der Waals surface area contributed by atoms with Crippen molar-refractivity contribution in [2.24, 2.45) is 16.6 Å². The monoisotopic (exact) mass is 478 g/mol. The summed E-state index contributed by atoms with van der Waals surface area (Å²) >= 11 is 0. The van der Waals surface area contributed by atoms with Gasteiger partial charge in [0.1, 0.15) is 12.3 Å². The molecule has 3 N–H and O–H groups in total. The molecule has 1 aliphatic heterocycles. The molecule has 0 bridgehead atoms. The normalized spacial score (nSPS) is 17.4. The summed E-state index contributed by atoms with van der Waals surface area (Å²) < 4.78 is 10.5. The van der Waals surface area contributed by atoms with Crippen molar-refractivity contribution in [3.05, 3.63) is 23.7 Å². The minimum absolute atomic E-state index is 0. The number of primary amides is 1. The predicted molar refractivity (Wildman–Crippen MR) is 108 cm³/mol. The molecule has 1 fully saturated rings. The standard InChI is InChI=1S/C17H26N4O4.HI/c1-3-19-17(20-10-13-7-8-14(25-13)15(18)22)21-9-5-6-12(11-21)16(23)24-4-2;/h7-8,12H,3-6,9-11H2,1-2H3,(H2,18,22)(H,19,20);1H. The van der Waals surface area contributed by atoms with Crippen LogP contribution in [-0.4, -0.2) is 49.0 Å². The number of carbonyl (C=O) groups is 2. The molecule has 26 heavy (non-hydrogen) atoms.